The molecule has 0 N–H and O–H groups in total. The minimum Gasteiger partial charge on any atom is -0.497 e. The molecular weight excluding hydrogens is 480 g/mol. The number of methoxy groups -OCH3 is 1. The standard InChI is InChI=1S/C27H44O8Si/c1-25(2,3)33-23(29)22(15-17-28)27(35-36(8,9)10,24(30)34-26(4,5)6)16-18-32-19-20-11-13-21(31-7)14-12-20/h11-14,17,22H,15-16,18-19H2,1-10H3/t22-,27+/m0/s1. The molecule has 1 aromatic carbocycles. The molecule has 0 heterocycles. The molecule has 2 atom stereocenters. The Labute approximate surface area is 217 Å². The number of carbonyl (C=O) groups excluding carboxylic acids is 3. The summed E-state index contributed by atoms with van der Waals surface area (Å²) in [6.45, 7) is 16.5. The molecule has 36 heavy (non-hydrogen) atoms. The van der Waals surface area contributed by atoms with Gasteiger partial charge in [-0.1, -0.05) is 12.1 Å². The number of benzene rings is 1. The van der Waals surface area contributed by atoms with E-state index in [4.69, 9.17) is 23.4 Å². The van der Waals surface area contributed by atoms with Gasteiger partial charge in [0.05, 0.1) is 20.3 Å². The monoisotopic (exact) mass is 524 g/mol. The van der Waals surface area contributed by atoms with Gasteiger partial charge in [-0.2, -0.15) is 0 Å². The molecule has 0 aliphatic carbocycles. The molecule has 0 saturated carbocycles. The van der Waals surface area contributed by atoms with Crippen LogP contribution in [0.25, 0.3) is 0 Å². The Kier molecular flexibility index (Phi) is 11.3. The number of rotatable bonds is 13. The summed E-state index contributed by atoms with van der Waals surface area (Å²) in [5.41, 5.74) is -2.49. The second-order valence-corrected chi connectivity index (χ2v) is 16.2. The van der Waals surface area contributed by atoms with Gasteiger partial charge in [0.1, 0.15) is 29.2 Å². The molecule has 9 heteroatoms. The van der Waals surface area contributed by atoms with E-state index in [9.17, 15) is 14.4 Å². The number of hydrogen-bond donors (Lipinski definition) is 0. The summed E-state index contributed by atoms with van der Waals surface area (Å²) >= 11 is 0. The Balaban J connectivity index is 3.38. The minimum absolute atomic E-state index is 0.0140. The first-order valence-electron chi connectivity index (χ1n) is 12.2. The zero-order chi connectivity index (χ0) is 27.8. The van der Waals surface area contributed by atoms with Crippen molar-refractivity contribution in [1.29, 1.82) is 0 Å². The summed E-state index contributed by atoms with van der Waals surface area (Å²) in [6, 6.07) is 7.43. The fourth-order valence-electron chi connectivity index (χ4n) is 3.57. The van der Waals surface area contributed by atoms with Crippen LogP contribution in [0, 0.1) is 5.92 Å². The van der Waals surface area contributed by atoms with E-state index in [1.165, 1.54) is 0 Å². The van der Waals surface area contributed by atoms with Crippen LogP contribution in [-0.4, -0.2) is 57.1 Å². The topological polar surface area (TPSA) is 97.4 Å². The third-order valence-corrected chi connectivity index (χ3v) is 5.84. The molecule has 0 fully saturated rings. The van der Waals surface area contributed by atoms with Crippen molar-refractivity contribution in [3.05, 3.63) is 29.8 Å². The van der Waals surface area contributed by atoms with Crippen LogP contribution in [-0.2, 0) is 39.6 Å². The Bertz CT molecular complexity index is 862. The third-order valence-electron chi connectivity index (χ3n) is 4.86. The molecular formula is C27H44O8Si. The third kappa shape index (κ3) is 10.8. The first-order chi connectivity index (χ1) is 16.4. The predicted molar refractivity (Wildman–Crippen MR) is 140 cm³/mol. The van der Waals surface area contributed by atoms with Crippen molar-refractivity contribution in [1.82, 2.24) is 0 Å². The Morgan fingerprint density at radius 2 is 1.50 bits per heavy atom. The average Bonchev–Trinajstić information content (AvgIpc) is 2.71. The van der Waals surface area contributed by atoms with E-state index in [2.05, 4.69) is 0 Å². The molecule has 0 aromatic heterocycles. The summed E-state index contributed by atoms with van der Waals surface area (Å²) in [6.07, 6.45) is 0.372. The fraction of sp³-hybridized carbons (Fsp3) is 0.667. The van der Waals surface area contributed by atoms with Gasteiger partial charge < -0.3 is 28.2 Å². The van der Waals surface area contributed by atoms with E-state index in [1.807, 2.05) is 43.9 Å². The number of esters is 2. The van der Waals surface area contributed by atoms with Gasteiger partial charge in [-0.05, 0) is 78.9 Å². The lowest BCUT2D eigenvalue weighted by molar-refractivity contribution is -0.193. The van der Waals surface area contributed by atoms with Crippen LogP contribution < -0.4 is 4.74 Å². The number of ether oxygens (including phenoxy) is 4. The van der Waals surface area contributed by atoms with Crippen LogP contribution in [0.3, 0.4) is 0 Å². The minimum atomic E-state index is -2.46. The Morgan fingerprint density at radius 1 is 0.944 bits per heavy atom. The second kappa shape index (κ2) is 12.8. The van der Waals surface area contributed by atoms with E-state index in [1.54, 1.807) is 48.7 Å². The largest absolute Gasteiger partial charge is 0.497 e. The summed E-state index contributed by atoms with van der Waals surface area (Å²) in [5.74, 6) is -1.85. The van der Waals surface area contributed by atoms with Crippen LogP contribution in [0.2, 0.25) is 19.6 Å². The maximum atomic E-state index is 13.8. The molecule has 0 aliphatic rings. The fourth-order valence-corrected chi connectivity index (χ4v) is 5.00. The van der Waals surface area contributed by atoms with E-state index < -0.39 is 43.0 Å². The quantitative estimate of drug-likeness (QED) is 0.152. The molecule has 1 aromatic rings. The number of carbonyl (C=O) groups is 3. The number of aldehydes is 1. The van der Waals surface area contributed by atoms with Gasteiger partial charge in [0.2, 0.25) is 0 Å². The van der Waals surface area contributed by atoms with Crippen molar-refractivity contribution in [2.45, 2.75) is 97.4 Å². The lowest BCUT2D eigenvalue weighted by atomic mass is 9.82. The van der Waals surface area contributed by atoms with Gasteiger partial charge in [0.25, 0.3) is 0 Å². The molecule has 0 radical (unpaired) electrons. The zero-order valence-electron chi connectivity index (χ0n) is 23.6. The molecule has 0 spiro atoms. The van der Waals surface area contributed by atoms with Gasteiger partial charge in [-0.15, -0.1) is 0 Å². The van der Waals surface area contributed by atoms with Gasteiger partial charge in [0, 0.05) is 12.8 Å². The first-order valence-corrected chi connectivity index (χ1v) is 15.6. The van der Waals surface area contributed by atoms with E-state index >= 15 is 0 Å². The highest BCUT2D eigenvalue weighted by atomic mass is 28.4. The molecule has 0 saturated heterocycles. The normalized spacial score (nSPS) is 14.9. The average molecular weight is 525 g/mol. The van der Waals surface area contributed by atoms with Crippen LogP contribution in [0.15, 0.2) is 24.3 Å². The zero-order valence-corrected chi connectivity index (χ0v) is 24.6. The van der Waals surface area contributed by atoms with Crippen LogP contribution in [0.5, 0.6) is 5.75 Å². The summed E-state index contributed by atoms with van der Waals surface area (Å²) in [7, 11) is -0.858. The van der Waals surface area contributed by atoms with Crippen LogP contribution >= 0.6 is 0 Å². The molecule has 0 unspecified atom stereocenters. The maximum Gasteiger partial charge on any atom is 0.338 e. The molecule has 0 bridgehead atoms. The summed E-state index contributed by atoms with van der Waals surface area (Å²) in [4.78, 5) is 38.8. The summed E-state index contributed by atoms with van der Waals surface area (Å²) in [5, 5.41) is 0. The van der Waals surface area contributed by atoms with E-state index in [0.29, 0.717) is 6.29 Å². The van der Waals surface area contributed by atoms with Gasteiger partial charge in [0.15, 0.2) is 13.9 Å². The smallest absolute Gasteiger partial charge is 0.338 e. The first kappa shape index (κ1) is 31.8. The van der Waals surface area contributed by atoms with Gasteiger partial charge >= 0.3 is 11.9 Å². The summed E-state index contributed by atoms with van der Waals surface area (Å²) < 4.78 is 28.9. The van der Waals surface area contributed by atoms with Crippen molar-refractivity contribution < 1.29 is 37.8 Å². The predicted octanol–water partition coefficient (Wildman–Crippen LogP) is 5.08. The van der Waals surface area contributed by atoms with Crippen molar-refractivity contribution in [3.63, 3.8) is 0 Å². The van der Waals surface area contributed by atoms with Crippen LogP contribution in [0.1, 0.15) is 59.9 Å². The highest BCUT2D eigenvalue weighted by Crippen LogP contribution is 2.37. The lowest BCUT2D eigenvalue weighted by Gasteiger charge is -2.42. The maximum absolute atomic E-state index is 13.8. The van der Waals surface area contributed by atoms with Crippen molar-refractivity contribution in [2.75, 3.05) is 13.7 Å². The number of hydrogen-bond acceptors (Lipinski definition) is 8. The second-order valence-electron chi connectivity index (χ2n) is 11.7. The Morgan fingerprint density at radius 3 is 1.94 bits per heavy atom. The van der Waals surface area contributed by atoms with Crippen molar-refractivity contribution >= 4 is 26.5 Å². The van der Waals surface area contributed by atoms with Gasteiger partial charge in [-0.3, -0.25) is 4.79 Å². The van der Waals surface area contributed by atoms with Crippen molar-refractivity contribution in [2.24, 2.45) is 5.92 Å². The highest BCUT2D eigenvalue weighted by molar-refractivity contribution is 6.70. The molecule has 8 nitrogen and oxygen atoms in total. The van der Waals surface area contributed by atoms with E-state index in [0.717, 1.165) is 11.3 Å². The van der Waals surface area contributed by atoms with Gasteiger partial charge in [-0.25, -0.2) is 4.79 Å². The Hall–Kier alpha value is -2.23. The highest BCUT2D eigenvalue weighted by Gasteiger charge is 2.55. The molecule has 0 amide bonds. The van der Waals surface area contributed by atoms with Crippen molar-refractivity contribution in [3.8, 4) is 5.75 Å². The molecule has 204 valence electrons. The van der Waals surface area contributed by atoms with Crippen LogP contribution in [0.4, 0.5) is 0 Å². The lowest BCUT2D eigenvalue weighted by Crippen LogP contribution is -2.59. The SMILES string of the molecule is COc1ccc(COCC[C@](O[Si](C)(C)C)(C(=O)OC(C)(C)C)[C@@H](CC=O)C(=O)OC(C)(C)C)cc1. The van der Waals surface area contributed by atoms with E-state index in [-0.39, 0.29) is 26.1 Å². The molecule has 0 aliphatic heterocycles. The molecule has 1 rings (SSSR count).